The van der Waals surface area contributed by atoms with Gasteiger partial charge in [-0.05, 0) is 36.5 Å². The van der Waals surface area contributed by atoms with Crippen molar-refractivity contribution in [3.8, 4) is 0 Å². The monoisotopic (exact) mass is 406 g/mol. The van der Waals surface area contributed by atoms with Gasteiger partial charge in [-0.1, -0.05) is 13.0 Å². The molecule has 1 atom stereocenters. The summed E-state index contributed by atoms with van der Waals surface area (Å²) in [5.74, 6) is 1.31. The summed E-state index contributed by atoms with van der Waals surface area (Å²) in [5, 5.41) is 0. The van der Waals surface area contributed by atoms with Crippen molar-refractivity contribution >= 4 is 22.9 Å². The number of rotatable bonds is 3. The van der Waals surface area contributed by atoms with Crippen molar-refractivity contribution in [1.82, 2.24) is 24.8 Å². The fourth-order valence-corrected chi connectivity index (χ4v) is 4.54. The van der Waals surface area contributed by atoms with Gasteiger partial charge in [0.2, 0.25) is 11.9 Å². The van der Waals surface area contributed by atoms with Crippen LogP contribution >= 0.6 is 0 Å². The first-order valence-corrected chi connectivity index (χ1v) is 10.6. The van der Waals surface area contributed by atoms with Crippen molar-refractivity contribution < 1.29 is 4.79 Å². The number of imidazole rings is 1. The molecule has 1 saturated heterocycles. The van der Waals surface area contributed by atoms with Crippen LogP contribution < -0.4 is 10.5 Å². The topological polar surface area (TPSA) is 98.0 Å². The molecule has 0 saturated carbocycles. The van der Waals surface area contributed by atoms with E-state index in [0.29, 0.717) is 43.4 Å². The van der Waals surface area contributed by atoms with Gasteiger partial charge >= 0.3 is 0 Å². The molecule has 156 valence electrons. The second-order valence-corrected chi connectivity index (χ2v) is 8.50. The Hall–Kier alpha value is -3.16. The van der Waals surface area contributed by atoms with Gasteiger partial charge in [-0.3, -0.25) is 14.6 Å². The molecule has 0 spiro atoms. The maximum absolute atomic E-state index is 12.9. The number of carbonyl (C=O) groups excluding carboxylic acids is 1. The van der Waals surface area contributed by atoms with Crippen molar-refractivity contribution in [2.75, 3.05) is 24.5 Å². The number of amides is 1. The van der Waals surface area contributed by atoms with Crippen LogP contribution in [0.5, 0.6) is 0 Å². The van der Waals surface area contributed by atoms with E-state index in [1.165, 1.54) is 6.42 Å². The molecule has 2 aliphatic rings. The lowest BCUT2D eigenvalue weighted by atomic mass is 10.0. The number of piperidine rings is 1. The van der Waals surface area contributed by atoms with Crippen LogP contribution in [0.4, 0.5) is 5.95 Å². The van der Waals surface area contributed by atoms with E-state index in [1.54, 1.807) is 11.2 Å². The number of fused-ring (bicyclic) bond motifs is 2. The molecular weight excluding hydrogens is 380 g/mol. The molecule has 0 radical (unpaired) electrons. The van der Waals surface area contributed by atoms with Crippen LogP contribution in [0.25, 0.3) is 11.0 Å². The first-order valence-electron chi connectivity index (χ1n) is 10.6. The molecule has 4 heterocycles. The van der Waals surface area contributed by atoms with Gasteiger partial charge in [0.15, 0.2) is 0 Å². The van der Waals surface area contributed by atoms with Crippen LogP contribution in [0.1, 0.15) is 36.6 Å². The van der Waals surface area contributed by atoms with Crippen LogP contribution in [-0.4, -0.2) is 50.4 Å². The summed E-state index contributed by atoms with van der Waals surface area (Å²) >= 11 is 0. The Morgan fingerprint density at radius 3 is 3.07 bits per heavy atom. The summed E-state index contributed by atoms with van der Waals surface area (Å²) in [7, 11) is 0. The van der Waals surface area contributed by atoms with E-state index in [1.807, 2.05) is 18.2 Å². The molecule has 2 aliphatic heterocycles. The standard InChI is InChI=1S/C22H26N6O2/c1-14-3-2-7-28(11-14)22-25-17-6-8-27(12-16(17)21(30)26-22)20(29)10-15-4-5-18-19(9-15)24-13-23-18/h4-5,9,13-14H,2-3,6-8,10-12H2,1H3,(H,23,24)(H,25,26,30). The average molecular weight is 406 g/mol. The normalized spacial score (nSPS) is 19.2. The zero-order valence-electron chi connectivity index (χ0n) is 17.1. The Morgan fingerprint density at radius 1 is 1.30 bits per heavy atom. The average Bonchev–Trinajstić information content (AvgIpc) is 3.21. The number of aromatic nitrogens is 4. The minimum Gasteiger partial charge on any atom is -0.345 e. The predicted octanol–water partition coefficient (Wildman–Crippen LogP) is 2.01. The lowest BCUT2D eigenvalue weighted by molar-refractivity contribution is -0.131. The summed E-state index contributed by atoms with van der Waals surface area (Å²) < 4.78 is 0. The summed E-state index contributed by atoms with van der Waals surface area (Å²) in [6.45, 7) is 4.99. The van der Waals surface area contributed by atoms with E-state index >= 15 is 0 Å². The number of anilines is 1. The molecule has 0 bridgehead atoms. The van der Waals surface area contributed by atoms with E-state index in [0.717, 1.165) is 41.8 Å². The number of carbonyl (C=O) groups is 1. The minimum absolute atomic E-state index is 0.0212. The molecule has 1 amide bonds. The molecule has 8 nitrogen and oxygen atoms in total. The Kier molecular flexibility index (Phi) is 4.77. The van der Waals surface area contributed by atoms with Crippen LogP contribution in [0.2, 0.25) is 0 Å². The molecule has 1 fully saturated rings. The zero-order valence-corrected chi connectivity index (χ0v) is 17.1. The largest absolute Gasteiger partial charge is 0.345 e. The van der Waals surface area contributed by atoms with Crippen LogP contribution in [-0.2, 0) is 24.2 Å². The minimum atomic E-state index is -0.121. The quantitative estimate of drug-likeness (QED) is 0.693. The second-order valence-electron chi connectivity index (χ2n) is 8.50. The highest BCUT2D eigenvalue weighted by Crippen LogP contribution is 2.22. The second kappa shape index (κ2) is 7.59. The molecule has 1 aromatic carbocycles. The van der Waals surface area contributed by atoms with Crippen LogP contribution in [0.15, 0.2) is 29.3 Å². The third kappa shape index (κ3) is 3.58. The summed E-state index contributed by atoms with van der Waals surface area (Å²) in [6.07, 6.45) is 4.90. The highest BCUT2D eigenvalue weighted by molar-refractivity contribution is 5.81. The van der Waals surface area contributed by atoms with Gasteiger partial charge in [-0.15, -0.1) is 0 Å². The number of nitrogens with zero attached hydrogens (tertiary/aromatic N) is 4. The highest BCUT2D eigenvalue weighted by atomic mass is 16.2. The van der Waals surface area contributed by atoms with E-state index in [-0.39, 0.29) is 11.5 Å². The van der Waals surface area contributed by atoms with E-state index in [4.69, 9.17) is 4.98 Å². The Morgan fingerprint density at radius 2 is 2.20 bits per heavy atom. The molecule has 2 N–H and O–H groups in total. The fourth-order valence-electron chi connectivity index (χ4n) is 4.54. The lowest BCUT2D eigenvalue weighted by Crippen LogP contribution is -2.42. The summed E-state index contributed by atoms with van der Waals surface area (Å²) in [6, 6.07) is 5.80. The molecule has 2 aromatic heterocycles. The highest BCUT2D eigenvalue weighted by Gasteiger charge is 2.26. The zero-order chi connectivity index (χ0) is 20.7. The van der Waals surface area contributed by atoms with Gasteiger partial charge in [0.1, 0.15) is 0 Å². The number of hydrogen-bond donors (Lipinski definition) is 2. The van der Waals surface area contributed by atoms with Crippen molar-refractivity contribution in [3.63, 3.8) is 0 Å². The first-order chi connectivity index (χ1) is 14.6. The number of H-pyrrole nitrogens is 2. The van der Waals surface area contributed by atoms with Crippen molar-refractivity contribution in [3.05, 3.63) is 51.7 Å². The SMILES string of the molecule is CC1CCCN(c2nc3c(c(=O)[nH]2)CN(C(=O)Cc2ccc4nc[nH]c4c2)CC3)C1. The van der Waals surface area contributed by atoms with Gasteiger partial charge in [0.25, 0.3) is 5.56 Å². The molecular formula is C22H26N6O2. The van der Waals surface area contributed by atoms with Gasteiger partial charge < -0.3 is 14.8 Å². The predicted molar refractivity (Wildman–Crippen MR) is 114 cm³/mol. The maximum atomic E-state index is 12.9. The molecule has 0 aliphatic carbocycles. The van der Waals surface area contributed by atoms with Crippen molar-refractivity contribution in [2.45, 2.75) is 39.2 Å². The van der Waals surface area contributed by atoms with Crippen LogP contribution in [0.3, 0.4) is 0 Å². The first kappa shape index (κ1) is 18.8. The number of aromatic amines is 2. The Balaban J connectivity index is 1.31. The van der Waals surface area contributed by atoms with E-state index in [2.05, 4.69) is 26.8 Å². The van der Waals surface area contributed by atoms with Crippen LogP contribution in [0, 0.1) is 5.92 Å². The Bertz CT molecular complexity index is 1150. The van der Waals surface area contributed by atoms with Gasteiger partial charge in [-0.25, -0.2) is 9.97 Å². The summed E-state index contributed by atoms with van der Waals surface area (Å²) in [5.41, 5.74) is 4.06. The van der Waals surface area contributed by atoms with Gasteiger partial charge in [0, 0.05) is 26.1 Å². The maximum Gasteiger partial charge on any atom is 0.257 e. The number of hydrogen-bond acceptors (Lipinski definition) is 5. The third-order valence-corrected chi connectivity index (χ3v) is 6.21. The van der Waals surface area contributed by atoms with E-state index < -0.39 is 0 Å². The number of nitrogens with one attached hydrogen (secondary N) is 2. The molecule has 3 aromatic rings. The lowest BCUT2D eigenvalue weighted by Gasteiger charge is -2.33. The molecule has 8 heteroatoms. The molecule has 1 unspecified atom stereocenters. The van der Waals surface area contributed by atoms with E-state index in [9.17, 15) is 9.59 Å². The summed E-state index contributed by atoms with van der Waals surface area (Å²) in [4.78, 5) is 44.6. The number of benzene rings is 1. The third-order valence-electron chi connectivity index (χ3n) is 6.21. The molecule has 5 rings (SSSR count). The smallest absolute Gasteiger partial charge is 0.257 e. The van der Waals surface area contributed by atoms with Crippen molar-refractivity contribution in [1.29, 1.82) is 0 Å². The van der Waals surface area contributed by atoms with Crippen molar-refractivity contribution in [2.24, 2.45) is 5.92 Å². The molecule has 30 heavy (non-hydrogen) atoms. The van der Waals surface area contributed by atoms with Gasteiger partial charge in [0.05, 0.1) is 41.6 Å². The van der Waals surface area contributed by atoms with Gasteiger partial charge in [-0.2, -0.15) is 0 Å². The Labute approximate surface area is 174 Å². The fraction of sp³-hybridized carbons (Fsp3) is 0.455.